The van der Waals surface area contributed by atoms with Crippen LogP contribution in [0, 0.1) is 0 Å². The second kappa shape index (κ2) is 18.7. The zero-order chi connectivity index (χ0) is 19.5. The van der Waals surface area contributed by atoms with Gasteiger partial charge in [-0.2, -0.15) is 0 Å². The normalized spacial score (nSPS) is 12.1. The molecule has 0 aromatic heterocycles. The first-order chi connectivity index (χ1) is 12.7. The van der Waals surface area contributed by atoms with Crippen LogP contribution in [-0.2, 0) is 4.79 Å². The summed E-state index contributed by atoms with van der Waals surface area (Å²) in [6, 6.07) is -0.136. The van der Waals surface area contributed by atoms with Crippen molar-refractivity contribution in [2.45, 2.75) is 96.9 Å². The second-order valence-corrected chi connectivity index (χ2v) is 7.39. The lowest BCUT2D eigenvalue weighted by Gasteiger charge is -2.25. The Morgan fingerprint density at radius 1 is 0.846 bits per heavy atom. The van der Waals surface area contributed by atoms with Crippen LogP contribution >= 0.6 is 0 Å². The molecule has 0 aromatic carbocycles. The number of unbranched alkanes of at least 4 members (excludes halogenated alkanes) is 11. The third kappa shape index (κ3) is 14.1. The first kappa shape index (κ1) is 24.9. The Hall–Kier alpha value is -1.09. The lowest BCUT2D eigenvalue weighted by Crippen LogP contribution is -2.45. The molecule has 3 heteroatoms. The zero-order valence-electron chi connectivity index (χ0n) is 17.6. The van der Waals surface area contributed by atoms with Gasteiger partial charge in [-0.3, -0.25) is 9.69 Å². The van der Waals surface area contributed by atoms with Crippen molar-refractivity contribution in [1.29, 1.82) is 0 Å². The van der Waals surface area contributed by atoms with E-state index in [4.69, 9.17) is 0 Å². The van der Waals surface area contributed by atoms with Crippen molar-refractivity contribution in [2.75, 3.05) is 19.6 Å². The molecule has 0 aliphatic carbocycles. The minimum atomic E-state index is -0.136. The fourth-order valence-electron chi connectivity index (χ4n) is 3.21. The van der Waals surface area contributed by atoms with Crippen molar-refractivity contribution >= 4 is 5.91 Å². The fraction of sp³-hybridized carbons (Fsp3) is 0.783. The molecule has 0 fully saturated rings. The van der Waals surface area contributed by atoms with Crippen LogP contribution in [0.2, 0.25) is 0 Å². The molecule has 0 bridgehead atoms. The Bertz CT molecular complexity index is 344. The molecule has 3 nitrogen and oxygen atoms in total. The van der Waals surface area contributed by atoms with Crippen LogP contribution in [0.3, 0.4) is 0 Å². The van der Waals surface area contributed by atoms with Gasteiger partial charge in [-0.05, 0) is 13.3 Å². The molecule has 152 valence electrons. The lowest BCUT2D eigenvalue weighted by molar-refractivity contribution is -0.125. The van der Waals surface area contributed by atoms with Gasteiger partial charge in [-0.25, -0.2) is 0 Å². The number of hydrogen-bond acceptors (Lipinski definition) is 2. The lowest BCUT2D eigenvalue weighted by atomic mass is 10.1. The van der Waals surface area contributed by atoms with Crippen molar-refractivity contribution in [3.63, 3.8) is 0 Å². The summed E-state index contributed by atoms with van der Waals surface area (Å²) in [5.74, 6) is 0.108. The van der Waals surface area contributed by atoms with Gasteiger partial charge in [-0.15, -0.1) is 13.2 Å². The SMILES string of the molecule is C=CCN(CC=C)C(C)C(=O)NCCCCCCCCCCCCCC. The highest BCUT2D eigenvalue weighted by molar-refractivity contribution is 5.81. The van der Waals surface area contributed by atoms with Gasteiger partial charge in [0.1, 0.15) is 0 Å². The van der Waals surface area contributed by atoms with E-state index in [0.29, 0.717) is 13.1 Å². The second-order valence-electron chi connectivity index (χ2n) is 7.39. The maximum Gasteiger partial charge on any atom is 0.237 e. The van der Waals surface area contributed by atoms with Gasteiger partial charge in [0.25, 0.3) is 0 Å². The number of nitrogens with one attached hydrogen (secondary N) is 1. The summed E-state index contributed by atoms with van der Waals surface area (Å²) < 4.78 is 0. The monoisotopic (exact) mass is 364 g/mol. The number of carbonyl (C=O) groups excluding carboxylic acids is 1. The molecular weight excluding hydrogens is 320 g/mol. The molecule has 0 aliphatic rings. The van der Waals surface area contributed by atoms with Crippen molar-refractivity contribution in [3.05, 3.63) is 25.3 Å². The van der Waals surface area contributed by atoms with E-state index >= 15 is 0 Å². The molecule has 0 spiro atoms. The molecule has 1 amide bonds. The third-order valence-electron chi connectivity index (χ3n) is 4.98. The highest BCUT2D eigenvalue weighted by Gasteiger charge is 2.18. The molecule has 1 N–H and O–H groups in total. The molecule has 1 atom stereocenters. The smallest absolute Gasteiger partial charge is 0.237 e. The van der Waals surface area contributed by atoms with E-state index in [1.54, 1.807) is 0 Å². The Morgan fingerprint density at radius 3 is 1.69 bits per heavy atom. The first-order valence-electron chi connectivity index (χ1n) is 10.9. The molecular formula is C23H44N2O. The van der Waals surface area contributed by atoms with Crippen LogP contribution in [0.5, 0.6) is 0 Å². The maximum absolute atomic E-state index is 12.2. The predicted octanol–water partition coefficient (Wildman–Crippen LogP) is 5.87. The standard InChI is InChI=1S/C23H44N2O/c1-5-8-9-10-11-12-13-14-15-16-17-18-19-24-23(26)22(4)25(20-6-2)21-7-3/h6-7,22H,2-3,5,8-21H2,1,4H3,(H,24,26). The largest absolute Gasteiger partial charge is 0.355 e. The molecule has 0 saturated carbocycles. The molecule has 1 unspecified atom stereocenters. The van der Waals surface area contributed by atoms with Crippen LogP contribution in [0.1, 0.15) is 90.9 Å². The van der Waals surface area contributed by atoms with Gasteiger partial charge in [0, 0.05) is 19.6 Å². The Morgan fingerprint density at radius 2 is 1.27 bits per heavy atom. The van der Waals surface area contributed by atoms with Crippen molar-refractivity contribution in [3.8, 4) is 0 Å². The van der Waals surface area contributed by atoms with Crippen LogP contribution in [0.15, 0.2) is 25.3 Å². The van der Waals surface area contributed by atoms with Gasteiger partial charge >= 0.3 is 0 Å². The topological polar surface area (TPSA) is 32.3 Å². The summed E-state index contributed by atoms with van der Waals surface area (Å²) in [6.45, 7) is 13.9. The Labute approximate surface area is 163 Å². The molecule has 0 aliphatic heterocycles. The average molecular weight is 365 g/mol. The summed E-state index contributed by atoms with van der Waals surface area (Å²) in [5.41, 5.74) is 0. The summed E-state index contributed by atoms with van der Waals surface area (Å²) >= 11 is 0. The van der Waals surface area contributed by atoms with E-state index in [-0.39, 0.29) is 11.9 Å². The van der Waals surface area contributed by atoms with E-state index < -0.39 is 0 Å². The van der Waals surface area contributed by atoms with E-state index in [2.05, 4.69) is 30.3 Å². The van der Waals surface area contributed by atoms with E-state index in [0.717, 1.165) is 13.0 Å². The zero-order valence-corrected chi connectivity index (χ0v) is 17.6. The Balaban J connectivity index is 3.52. The third-order valence-corrected chi connectivity index (χ3v) is 4.98. The summed E-state index contributed by atoms with van der Waals surface area (Å²) in [4.78, 5) is 14.3. The van der Waals surface area contributed by atoms with E-state index in [9.17, 15) is 4.79 Å². The predicted molar refractivity (Wildman–Crippen MR) is 116 cm³/mol. The van der Waals surface area contributed by atoms with Gasteiger partial charge in [0.05, 0.1) is 6.04 Å². The highest BCUT2D eigenvalue weighted by atomic mass is 16.2. The van der Waals surface area contributed by atoms with Crippen LogP contribution < -0.4 is 5.32 Å². The summed E-state index contributed by atoms with van der Waals surface area (Å²) in [7, 11) is 0. The number of rotatable bonds is 19. The minimum absolute atomic E-state index is 0.108. The summed E-state index contributed by atoms with van der Waals surface area (Å²) in [5, 5.41) is 3.07. The quantitative estimate of drug-likeness (QED) is 0.230. The number of hydrogen-bond donors (Lipinski definition) is 1. The molecule has 0 radical (unpaired) electrons. The van der Waals surface area contributed by atoms with Crippen LogP contribution in [-0.4, -0.2) is 36.5 Å². The summed E-state index contributed by atoms with van der Waals surface area (Å²) in [6.07, 6.45) is 19.7. The molecule has 0 saturated heterocycles. The number of carbonyl (C=O) groups is 1. The number of nitrogens with zero attached hydrogens (tertiary/aromatic N) is 1. The average Bonchev–Trinajstić information content (AvgIpc) is 2.64. The van der Waals surface area contributed by atoms with E-state index in [1.807, 2.05) is 19.1 Å². The van der Waals surface area contributed by atoms with Crippen LogP contribution in [0.4, 0.5) is 0 Å². The maximum atomic E-state index is 12.2. The molecule has 26 heavy (non-hydrogen) atoms. The molecule has 0 rings (SSSR count). The van der Waals surface area contributed by atoms with Gasteiger partial charge in [0.15, 0.2) is 0 Å². The van der Waals surface area contributed by atoms with Crippen molar-refractivity contribution in [2.24, 2.45) is 0 Å². The fourth-order valence-corrected chi connectivity index (χ4v) is 3.21. The van der Waals surface area contributed by atoms with Crippen molar-refractivity contribution < 1.29 is 4.79 Å². The minimum Gasteiger partial charge on any atom is -0.355 e. The van der Waals surface area contributed by atoms with Gasteiger partial charge < -0.3 is 5.32 Å². The molecule has 0 aromatic rings. The van der Waals surface area contributed by atoms with Crippen LogP contribution in [0.25, 0.3) is 0 Å². The number of amides is 1. The highest BCUT2D eigenvalue weighted by Crippen LogP contribution is 2.11. The molecule has 0 heterocycles. The van der Waals surface area contributed by atoms with Gasteiger partial charge in [0.2, 0.25) is 5.91 Å². The first-order valence-corrected chi connectivity index (χ1v) is 10.9. The van der Waals surface area contributed by atoms with E-state index in [1.165, 1.54) is 70.6 Å². The van der Waals surface area contributed by atoms with Gasteiger partial charge in [-0.1, -0.05) is 89.7 Å². The van der Waals surface area contributed by atoms with Crippen molar-refractivity contribution in [1.82, 2.24) is 10.2 Å². The Kier molecular flexibility index (Phi) is 17.9.